The van der Waals surface area contributed by atoms with Gasteiger partial charge in [0, 0.05) is 17.9 Å². The van der Waals surface area contributed by atoms with E-state index in [1.807, 2.05) is 0 Å². The van der Waals surface area contributed by atoms with Gasteiger partial charge in [0.25, 0.3) is 0 Å². The average Bonchev–Trinajstić information content (AvgIpc) is 2.35. The third-order valence-electron chi connectivity index (χ3n) is 2.65. The number of carbonyl (C=O) groups excluding carboxylic acids is 1. The first-order valence-corrected chi connectivity index (χ1v) is 7.21. The minimum atomic E-state index is -3.42. The minimum absolute atomic E-state index is 0.254. The summed E-state index contributed by atoms with van der Waals surface area (Å²) in [5.74, 6) is 0.409. The fraction of sp³-hybridized carbons (Fsp3) is 0.417. The summed E-state index contributed by atoms with van der Waals surface area (Å²) in [6.45, 7) is 1.36. The van der Waals surface area contributed by atoms with Crippen molar-refractivity contribution in [2.45, 2.75) is 12.2 Å². The summed E-state index contributed by atoms with van der Waals surface area (Å²) in [5.41, 5.74) is 0.254. The van der Waals surface area contributed by atoms with Crippen molar-refractivity contribution >= 4 is 15.6 Å². The first kappa shape index (κ1) is 14.5. The van der Waals surface area contributed by atoms with E-state index in [0.717, 1.165) is 6.26 Å². The van der Waals surface area contributed by atoms with Gasteiger partial charge in [0.15, 0.2) is 15.6 Å². The van der Waals surface area contributed by atoms with E-state index < -0.39 is 20.9 Å². The van der Waals surface area contributed by atoms with Crippen LogP contribution in [0.1, 0.15) is 17.3 Å². The van der Waals surface area contributed by atoms with Gasteiger partial charge >= 0.3 is 0 Å². The molecule has 5 nitrogen and oxygen atoms in total. The summed E-state index contributed by atoms with van der Waals surface area (Å²) in [6, 6.07) is 4.60. The molecule has 0 heterocycles. The molecule has 0 amide bonds. The molecule has 1 unspecified atom stereocenters. The lowest BCUT2D eigenvalue weighted by atomic mass is 10.1. The largest absolute Gasteiger partial charge is 0.497 e. The fourth-order valence-corrected chi connectivity index (χ4v) is 1.90. The molecule has 0 aromatic heterocycles. The van der Waals surface area contributed by atoms with Crippen LogP contribution in [0.25, 0.3) is 0 Å². The Morgan fingerprint density at radius 2 is 1.56 bits per heavy atom. The third kappa shape index (κ3) is 3.22. The van der Waals surface area contributed by atoms with Crippen LogP contribution in [0.3, 0.4) is 0 Å². The molecule has 100 valence electrons. The Bertz CT molecular complexity index is 525. The summed E-state index contributed by atoms with van der Waals surface area (Å²) >= 11 is 0. The zero-order chi connectivity index (χ0) is 13.9. The molecule has 0 aliphatic carbocycles. The molecule has 0 aliphatic heterocycles. The number of ketones is 1. The average molecular weight is 272 g/mol. The summed E-state index contributed by atoms with van der Waals surface area (Å²) in [7, 11) is -0.498. The number of ether oxygens (including phenoxy) is 2. The Balaban J connectivity index is 3.21. The molecule has 0 radical (unpaired) electrons. The van der Waals surface area contributed by atoms with Crippen molar-refractivity contribution in [1.29, 1.82) is 0 Å². The maximum absolute atomic E-state index is 12.0. The zero-order valence-electron chi connectivity index (χ0n) is 10.8. The van der Waals surface area contributed by atoms with Crippen molar-refractivity contribution in [3.63, 3.8) is 0 Å². The Hall–Kier alpha value is -1.56. The van der Waals surface area contributed by atoms with Crippen molar-refractivity contribution in [2.24, 2.45) is 0 Å². The maximum atomic E-state index is 12.0. The van der Waals surface area contributed by atoms with Gasteiger partial charge in [-0.1, -0.05) is 0 Å². The number of benzene rings is 1. The number of hydrogen-bond donors (Lipinski definition) is 0. The fourth-order valence-electron chi connectivity index (χ4n) is 1.38. The molecule has 0 bridgehead atoms. The summed E-state index contributed by atoms with van der Waals surface area (Å²) in [5, 5.41) is -1.09. The molecule has 1 atom stereocenters. The molecule has 1 aromatic rings. The van der Waals surface area contributed by atoms with Crippen LogP contribution in [-0.2, 0) is 9.84 Å². The van der Waals surface area contributed by atoms with E-state index in [-0.39, 0.29) is 5.56 Å². The molecule has 6 heteroatoms. The smallest absolute Gasteiger partial charge is 0.180 e. The van der Waals surface area contributed by atoms with Crippen molar-refractivity contribution in [1.82, 2.24) is 0 Å². The van der Waals surface area contributed by atoms with Gasteiger partial charge in [-0.3, -0.25) is 4.79 Å². The molecule has 0 saturated carbocycles. The maximum Gasteiger partial charge on any atom is 0.180 e. The second-order valence-corrected chi connectivity index (χ2v) is 6.30. The van der Waals surface area contributed by atoms with Crippen molar-refractivity contribution < 1.29 is 22.7 Å². The highest BCUT2D eigenvalue weighted by molar-refractivity contribution is 7.92. The first-order chi connectivity index (χ1) is 8.29. The summed E-state index contributed by atoms with van der Waals surface area (Å²) < 4.78 is 32.8. The second kappa shape index (κ2) is 5.39. The molecule has 0 spiro atoms. The van der Waals surface area contributed by atoms with Gasteiger partial charge in [-0.2, -0.15) is 0 Å². The quantitative estimate of drug-likeness (QED) is 0.756. The van der Waals surface area contributed by atoms with Gasteiger partial charge in [-0.25, -0.2) is 8.42 Å². The highest BCUT2D eigenvalue weighted by Gasteiger charge is 2.25. The van der Waals surface area contributed by atoms with Gasteiger partial charge in [-0.05, 0) is 19.1 Å². The predicted molar refractivity (Wildman–Crippen MR) is 68.2 cm³/mol. The number of methoxy groups -OCH3 is 2. The normalized spacial score (nSPS) is 12.9. The lowest BCUT2D eigenvalue weighted by Gasteiger charge is -2.11. The van der Waals surface area contributed by atoms with Crippen LogP contribution in [0.15, 0.2) is 18.2 Å². The van der Waals surface area contributed by atoms with Crippen LogP contribution >= 0.6 is 0 Å². The van der Waals surface area contributed by atoms with Gasteiger partial charge in [-0.15, -0.1) is 0 Å². The minimum Gasteiger partial charge on any atom is -0.497 e. The lowest BCUT2D eigenvalue weighted by molar-refractivity contribution is 0.0991. The Morgan fingerprint density at radius 1 is 1.11 bits per heavy atom. The van der Waals surface area contributed by atoms with Crippen LogP contribution in [0.4, 0.5) is 0 Å². The van der Waals surface area contributed by atoms with Crippen molar-refractivity contribution in [2.75, 3.05) is 20.5 Å². The summed E-state index contributed by atoms with van der Waals surface area (Å²) in [4.78, 5) is 12.0. The highest BCUT2D eigenvalue weighted by Crippen LogP contribution is 2.24. The van der Waals surface area contributed by atoms with Crippen LogP contribution < -0.4 is 9.47 Å². The van der Waals surface area contributed by atoms with E-state index in [0.29, 0.717) is 11.5 Å². The zero-order valence-corrected chi connectivity index (χ0v) is 11.6. The molecule has 0 aliphatic rings. The van der Waals surface area contributed by atoms with E-state index in [4.69, 9.17) is 9.47 Å². The first-order valence-electron chi connectivity index (χ1n) is 5.25. The SMILES string of the molecule is COc1cc(OC)cc(C(=O)C(C)S(C)(=O)=O)c1. The molecule has 0 saturated heterocycles. The standard InChI is InChI=1S/C12H16O5S/c1-8(18(4,14)15)12(13)9-5-10(16-2)7-11(6-9)17-3/h5-8H,1-4H3. The Morgan fingerprint density at radius 3 is 1.89 bits per heavy atom. The molecule has 0 fully saturated rings. The number of carbonyl (C=O) groups is 1. The van der Waals surface area contributed by atoms with E-state index in [1.54, 1.807) is 6.07 Å². The van der Waals surface area contributed by atoms with Crippen molar-refractivity contribution in [3.05, 3.63) is 23.8 Å². The van der Waals surface area contributed by atoms with Crippen LogP contribution in [0.2, 0.25) is 0 Å². The third-order valence-corrected chi connectivity index (χ3v) is 4.15. The van der Waals surface area contributed by atoms with E-state index in [2.05, 4.69) is 0 Å². The van der Waals surface area contributed by atoms with E-state index in [9.17, 15) is 13.2 Å². The topological polar surface area (TPSA) is 69.7 Å². The number of rotatable bonds is 5. The summed E-state index contributed by atoms with van der Waals surface area (Å²) in [6.07, 6.45) is 1.03. The monoisotopic (exact) mass is 272 g/mol. The van der Waals surface area contributed by atoms with Gasteiger partial charge in [0.05, 0.1) is 14.2 Å². The van der Waals surface area contributed by atoms with Crippen LogP contribution in [-0.4, -0.2) is 39.9 Å². The molecular weight excluding hydrogens is 256 g/mol. The van der Waals surface area contributed by atoms with Gasteiger partial charge in [0.1, 0.15) is 16.7 Å². The van der Waals surface area contributed by atoms with Crippen LogP contribution in [0.5, 0.6) is 11.5 Å². The second-order valence-electron chi connectivity index (χ2n) is 3.94. The number of hydrogen-bond acceptors (Lipinski definition) is 5. The molecule has 1 aromatic carbocycles. The van der Waals surface area contributed by atoms with Gasteiger partial charge < -0.3 is 9.47 Å². The number of sulfone groups is 1. The van der Waals surface area contributed by atoms with E-state index >= 15 is 0 Å². The molecular formula is C12H16O5S. The molecule has 18 heavy (non-hydrogen) atoms. The van der Waals surface area contributed by atoms with Crippen LogP contribution in [0, 0.1) is 0 Å². The predicted octanol–water partition coefficient (Wildman–Crippen LogP) is 1.32. The van der Waals surface area contributed by atoms with E-state index in [1.165, 1.54) is 33.3 Å². The Kier molecular flexibility index (Phi) is 4.34. The molecule has 0 N–H and O–H groups in total. The molecule has 1 rings (SSSR count). The number of Topliss-reactive ketones (excluding diaryl/α,β-unsaturated/α-hetero) is 1. The lowest BCUT2D eigenvalue weighted by Crippen LogP contribution is -2.26. The Labute approximate surface area is 107 Å². The van der Waals surface area contributed by atoms with Crippen molar-refractivity contribution in [3.8, 4) is 11.5 Å². The van der Waals surface area contributed by atoms with Gasteiger partial charge in [0.2, 0.25) is 0 Å². The highest BCUT2D eigenvalue weighted by atomic mass is 32.2.